The Morgan fingerprint density at radius 2 is 2.11 bits per heavy atom. The Balaban J connectivity index is 3.11. The quantitative estimate of drug-likeness (QED) is 0.798. The Hall–Kier alpha value is -0.540. The zero-order valence-electron chi connectivity index (χ0n) is 10.3. The first-order valence-electron chi connectivity index (χ1n) is 5.48. The van der Waals surface area contributed by atoms with E-state index in [-0.39, 0.29) is 35.7 Å². The van der Waals surface area contributed by atoms with Crippen LogP contribution in [0.3, 0.4) is 0 Å². The molecule has 0 aromatic heterocycles. The molecular formula is C11H15BrFNO4S. The Morgan fingerprint density at radius 1 is 1.42 bits per heavy atom. The van der Waals surface area contributed by atoms with Crippen LogP contribution in [0.15, 0.2) is 27.6 Å². The minimum absolute atomic E-state index is 0.0431. The van der Waals surface area contributed by atoms with Crippen molar-refractivity contribution in [2.75, 3.05) is 33.4 Å². The normalized spacial score (nSPS) is 12.1. The summed E-state index contributed by atoms with van der Waals surface area (Å²) in [5.41, 5.74) is 0. The molecule has 0 aliphatic heterocycles. The van der Waals surface area contributed by atoms with Crippen molar-refractivity contribution >= 4 is 26.0 Å². The molecule has 1 aromatic carbocycles. The minimum Gasteiger partial charge on any atom is -0.395 e. The Kier molecular flexibility index (Phi) is 6.34. The number of aliphatic hydroxyl groups excluding tert-OH is 1. The first-order valence-corrected chi connectivity index (χ1v) is 7.71. The van der Waals surface area contributed by atoms with E-state index in [0.717, 1.165) is 16.4 Å². The zero-order chi connectivity index (χ0) is 14.5. The fourth-order valence-corrected chi connectivity index (χ4v) is 3.91. The second-order valence-corrected chi connectivity index (χ2v) is 6.46. The third kappa shape index (κ3) is 4.22. The van der Waals surface area contributed by atoms with E-state index in [9.17, 15) is 12.8 Å². The van der Waals surface area contributed by atoms with Crippen molar-refractivity contribution < 1.29 is 22.7 Å². The summed E-state index contributed by atoms with van der Waals surface area (Å²) in [6, 6.07) is 3.34. The minimum atomic E-state index is -3.80. The number of nitrogens with zero attached hydrogens (tertiary/aromatic N) is 1. The van der Waals surface area contributed by atoms with E-state index in [2.05, 4.69) is 15.9 Å². The van der Waals surface area contributed by atoms with Crippen LogP contribution in [-0.4, -0.2) is 51.2 Å². The molecule has 0 amide bonds. The van der Waals surface area contributed by atoms with Gasteiger partial charge in [-0.2, -0.15) is 4.31 Å². The molecule has 0 bridgehead atoms. The lowest BCUT2D eigenvalue weighted by Gasteiger charge is -2.21. The van der Waals surface area contributed by atoms with Crippen LogP contribution in [0.5, 0.6) is 0 Å². The number of hydrogen-bond acceptors (Lipinski definition) is 4. The van der Waals surface area contributed by atoms with E-state index in [4.69, 9.17) is 9.84 Å². The SMILES string of the molecule is COCCN(CCO)S(=O)(=O)c1ccc(F)cc1Br. The second-order valence-electron chi connectivity index (χ2n) is 3.70. The van der Waals surface area contributed by atoms with Crippen LogP contribution in [0, 0.1) is 5.82 Å². The molecule has 0 fully saturated rings. The molecule has 0 saturated carbocycles. The molecule has 5 nitrogen and oxygen atoms in total. The van der Waals surface area contributed by atoms with Gasteiger partial charge in [0.2, 0.25) is 10.0 Å². The Labute approximate surface area is 120 Å². The van der Waals surface area contributed by atoms with Crippen molar-refractivity contribution in [2.24, 2.45) is 0 Å². The van der Waals surface area contributed by atoms with E-state index in [1.54, 1.807) is 0 Å². The molecule has 1 rings (SSSR count). The summed E-state index contributed by atoms with van der Waals surface area (Å²) >= 11 is 3.03. The molecule has 0 unspecified atom stereocenters. The predicted octanol–water partition coefficient (Wildman–Crippen LogP) is 1.22. The molecule has 0 spiro atoms. The van der Waals surface area contributed by atoms with Crippen LogP contribution >= 0.6 is 15.9 Å². The summed E-state index contributed by atoms with van der Waals surface area (Å²) < 4.78 is 43.8. The van der Waals surface area contributed by atoms with Crippen molar-refractivity contribution in [1.29, 1.82) is 0 Å². The summed E-state index contributed by atoms with van der Waals surface area (Å²) in [7, 11) is -2.35. The van der Waals surface area contributed by atoms with Crippen LogP contribution in [0.4, 0.5) is 4.39 Å². The lowest BCUT2D eigenvalue weighted by molar-refractivity contribution is 0.168. The van der Waals surface area contributed by atoms with Gasteiger partial charge in [0, 0.05) is 24.7 Å². The number of rotatable bonds is 7. The summed E-state index contributed by atoms with van der Waals surface area (Å²) in [6.45, 7) is -0.0292. The van der Waals surface area contributed by atoms with E-state index in [1.807, 2.05) is 0 Å². The highest BCUT2D eigenvalue weighted by Crippen LogP contribution is 2.25. The highest BCUT2D eigenvalue weighted by molar-refractivity contribution is 9.10. The van der Waals surface area contributed by atoms with Gasteiger partial charge in [-0.1, -0.05) is 0 Å². The fraction of sp³-hybridized carbons (Fsp3) is 0.455. The number of benzene rings is 1. The van der Waals surface area contributed by atoms with Crippen LogP contribution in [0.2, 0.25) is 0 Å². The van der Waals surface area contributed by atoms with E-state index in [1.165, 1.54) is 13.2 Å². The molecule has 0 radical (unpaired) electrons. The molecule has 1 aromatic rings. The Bertz CT molecular complexity index is 523. The number of methoxy groups -OCH3 is 1. The van der Waals surface area contributed by atoms with Gasteiger partial charge in [0.1, 0.15) is 5.82 Å². The van der Waals surface area contributed by atoms with Gasteiger partial charge in [-0.05, 0) is 34.1 Å². The lowest BCUT2D eigenvalue weighted by Crippen LogP contribution is -2.36. The van der Waals surface area contributed by atoms with Gasteiger partial charge in [0.15, 0.2) is 0 Å². The molecule has 0 aliphatic rings. The number of aliphatic hydroxyl groups is 1. The average molecular weight is 356 g/mol. The van der Waals surface area contributed by atoms with Gasteiger partial charge in [-0.25, -0.2) is 12.8 Å². The molecular weight excluding hydrogens is 341 g/mol. The van der Waals surface area contributed by atoms with Gasteiger partial charge >= 0.3 is 0 Å². The van der Waals surface area contributed by atoms with Gasteiger partial charge in [-0.3, -0.25) is 0 Å². The first-order chi connectivity index (χ1) is 8.93. The molecule has 0 aliphatic carbocycles. The molecule has 1 N–H and O–H groups in total. The van der Waals surface area contributed by atoms with Gasteiger partial charge < -0.3 is 9.84 Å². The van der Waals surface area contributed by atoms with Gasteiger partial charge in [0.25, 0.3) is 0 Å². The third-order valence-corrected chi connectivity index (χ3v) is 5.28. The molecule has 19 heavy (non-hydrogen) atoms. The van der Waals surface area contributed by atoms with Gasteiger partial charge in [-0.15, -0.1) is 0 Å². The molecule has 0 saturated heterocycles. The number of sulfonamides is 1. The highest BCUT2D eigenvalue weighted by Gasteiger charge is 2.26. The summed E-state index contributed by atoms with van der Waals surface area (Å²) in [5.74, 6) is -0.531. The predicted molar refractivity (Wildman–Crippen MR) is 71.8 cm³/mol. The maximum absolute atomic E-state index is 13.0. The largest absolute Gasteiger partial charge is 0.395 e. The molecule has 0 atom stereocenters. The topological polar surface area (TPSA) is 66.8 Å². The maximum Gasteiger partial charge on any atom is 0.244 e. The number of hydrogen-bond donors (Lipinski definition) is 1. The van der Waals surface area contributed by atoms with E-state index >= 15 is 0 Å². The maximum atomic E-state index is 13.0. The van der Waals surface area contributed by atoms with Crippen LogP contribution < -0.4 is 0 Å². The summed E-state index contributed by atoms with van der Waals surface area (Å²) in [5, 5.41) is 8.94. The first kappa shape index (κ1) is 16.5. The third-order valence-electron chi connectivity index (χ3n) is 2.41. The lowest BCUT2D eigenvalue weighted by atomic mass is 10.3. The summed E-state index contributed by atoms with van der Waals surface area (Å²) in [6.07, 6.45) is 0. The molecule has 0 heterocycles. The van der Waals surface area contributed by atoms with Crippen LogP contribution in [0.25, 0.3) is 0 Å². The summed E-state index contributed by atoms with van der Waals surface area (Å²) in [4.78, 5) is -0.0431. The smallest absolute Gasteiger partial charge is 0.244 e. The second kappa shape index (κ2) is 7.30. The van der Waals surface area contributed by atoms with Crippen molar-refractivity contribution in [3.05, 3.63) is 28.5 Å². The van der Waals surface area contributed by atoms with Crippen molar-refractivity contribution in [2.45, 2.75) is 4.90 Å². The zero-order valence-corrected chi connectivity index (χ0v) is 12.7. The number of ether oxygens (including phenoxy) is 1. The van der Waals surface area contributed by atoms with Crippen molar-refractivity contribution in [3.63, 3.8) is 0 Å². The fourth-order valence-electron chi connectivity index (χ4n) is 1.48. The van der Waals surface area contributed by atoms with Crippen molar-refractivity contribution in [3.8, 4) is 0 Å². The van der Waals surface area contributed by atoms with E-state index < -0.39 is 15.8 Å². The molecule has 108 valence electrons. The Morgan fingerprint density at radius 3 is 2.63 bits per heavy atom. The number of halogens is 2. The average Bonchev–Trinajstić information content (AvgIpc) is 2.33. The van der Waals surface area contributed by atoms with Crippen molar-refractivity contribution in [1.82, 2.24) is 4.31 Å². The molecule has 8 heteroatoms. The van der Waals surface area contributed by atoms with Crippen LogP contribution in [-0.2, 0) is 14.8 Å². The highest BCUT2D eigenvalue weighted by atomic mass is 79.9. The van der Waals surface area contributed by atoms with Gasteiger partial charge in [0.05, 0.1) is 18.1 Å². The van der Waals surface area contributed by atoms with Crippen LogP contribution in [0.1, 0.15) is 0 Å². The van der Waals surface area contributed by atoms with E-state index in [0.29, 0.717) is 0 Å². The standard InChI is InChI=1S/C11H15BrFNO4S/c1-18-7-5-14(4-6-15)19(16,17)11-3-2-9(13)8-10(11)12/h2-3,8,15H,4-7H2,1H3. The monoisotopic (exact) mass is 355 g/mol.